The molecule has 0 aliphatic heterocycles. The van der Waals surface area contributed by atoms with Gasteiger partial charge >= 0.3 is 12.1 Å². The number of amides is 1. The number of carbonyl (C=O) groups excluding carboxylic acids is 1. The zero-order chi connectivity index (χ0) is 26.3. The standard InChI is InChI=1S/C25H20F3IN2O5/c1-2-35-21-11-16(13-30-31-23(32)17-6-4-8-19(12-17)25(26,27)28)10-20(29)22(21)36-14-15-5-3-7-18(9-15)24(33)34/h3-13H,2,14H2,1H3,(H,31,32)(H,33,34)/b30-13-. The zero-order valence-corrected chi connectivity index (χ0v) is 21.0. The fraction of sp³-hybridized carbons (Fsp3) is 0.160. The summed E-state index contributed by atoms with van der Waals surface area (Å²) >= 11 is 2.04. The summed E-state index contributed by atoms with van der Waals surface area (Å²) in [4.78, 5) is 23.4. The van der Waals surface area contributed by atoms with Gasteiger partial charge in [-0.2, -0.15) is 18.3 Å². The number of carboxylic acids is 1. The maximum absolute atomic E-state index is 12.9. The fourth-order valence-electron chi connectivity index (χ4n) is 3.08. The molecule has 11 heteroatoms. The van der Waals surface area contributed by atoms with Crippen molar-refractivity contribution in [3.8, 4) is 11.5 Å². The number of hydrazone groups is 1. The summed E-state index contributed by atoms with van der Waals surface area (Å²) in [6.45, 7) is 2.24. The van der Waals surface area contributed by atoms with Gasteiger partial charge in [0.25, 0.3) is 5.91 Å². The van der Waals surface area contributed by atoms with E-state index in [1.807, 2.05) is 22.6 Å². The molecule has 0 spiro atoms. The molecule has 7 nitrogen and oxygen atoms in total. The molecular weight excluding hydrogens is 592 g/mol. The summed E-state index contributed by atoms with van der Waals surface area (Å²) in [6.07, 6.45) is -3.23. The van der Waals surface area contributed by atoms with E-state index >= 15 is 0 Å². The van der Waals surface area contributed by atoms with E-state index in [9.17, 15) is 22.8 Å². The molecule has 0 atom stereocenters. The van der Waals surface area contributed by atoms with Gasteiger partial charge in [-0.05, 0) is 83.1 Å². The highest BCUT2D eigenvalue weighted by atomic mass is 127. The molecule has 36 heavy (non-hydrogen) atoms. The predicted molar refractivity (Wildman–Crippen MR) is 135 cm³/mol. The van der Waals surface area contributed by atoms with Crippen molar-refractivity contribution in [2.24, 2.45) is 5.10 Å². The Morgan fingerprint density at radius 1 is 1.06 bits per heavy atom. The van der Waals surface area contributed by atoms with Gasteiger partial charge in [-0.25, -0.2) is 10.2 Å². The Hall–Kier alpha value is -3.61. The molecule has 188 valence electrons. The third kappa shape index (κ3) is 7.20. The molecule has 0 saturated heterocycles. The lowest BCUT2D eigenvalue weighted by molar-refractivity contribution is -0.137. The lowest BCUT2D eigenvalue weighted by Gasteiger charge is -2.15. The topological polar surface area (TPSA) is 97.2 Å². The first-order valence-corrected chi connectivity index (χ1v) is 11.6. The molecule has 0 aliphatic carbocycles. The number of aromatic carboxylic acids is 1. The Morgan fingerprint density at radius 3 is 2.47 bits per heavy atom. The summed E-state index contributed by atoms with van der Waals surface area (Å²) in [5.41, 5.74) is 2.46. The van der Waals surface area contributed by atoms with Gasteiger partial charge < -0.3 is 14.6 Å². The van der Waals surface area contributed by atoms with Crippen molar-refractivity contribution in [2.75, 3.05) is 6.61 Å². The second-order valence-corrected chi connectivity index (χ2v) is 8.50. The first-order chi connectivity index (χ1) is 17.1. The number of carbonyl (C=O) groups is 2. The molecule has 0 fully saturated rings. The molecule has 3 aromatic rings. The van der Waals surface area contributed by atoms with Gasteiger partial charge in [-0.15, -0.1) is 0 Å². The largest absolute Gasteiger partial charge is 0.490 e. The van der Waals surface area contributed by atoms with Gasteiger partial charge in [-0.1, -0.05) is 18.2 Å². The van der Waals surface area contributed by atoms with Crippen molar-refractivity contribution in [3.63, 3.8) is 0 Å². The number of benzene rings is 3. The van der Waals surface area contributed by atoms with Crippen LogP contribution in [0, 0.1) is 3.57 Å². The van der Waals surface area contributed by atoms with Gasteiger partial charge in [-0.3, -0.25) is 4.79 Å². The first kappa shape index (κ1) is 27.0. The first-order valence-electron chi connectivity index (χ1n) is 10.5. The number of hydrogen-bond acceptors (Lipinski definition) is 5. The summed E-state index contributed by atoms with van der Waals surface area (Å²) in [6, 6.07) is 13.8. The lowest BCUT2D eigenvalue weighted by atomic mass is 10.1. The number of alkyl halides is 3. The van der Waals surface area contributed by atoms with Crippen molar-refractivity contribution in [1.29, 1.82) is 0 Å². The SMILES string of the molecule is CCOc1cc(/C=N\NC(=O)c2cccc(C(F)(F)F)c2)cc(I)c1OCc1cccc(C(=O)O)c1. The minimum Gasteiger partial charge on any atom is -0.490 e. The van der Waals surface area contributed by atoms with Crippen molar-refractivity contribution in [3.05, 3.63) is 92.1 Å². The van der Waals surface area contributed by atoms with Gasteiger partial charge in [0, 0.05) is 5.56 Å². The Kier molecular flexibility index (Phi) is 8.91. The predicted octanol–water partition coefficient (Wildman–Crippen LogP) is 5.75. The summed E-state index contributed by atoms with van der Waals surface area (Å²) in [7, 11) is 0. The molecule has 0 saturated carbocycles. The average molecular weight is 612 g/mol. The lowest BCUT2D eigenvalue weighted by Crippen LogP contribution is -2.18. The van der Waals surface area contributed by atoms with E-state index in [1.165, 1.54) is 24.4 Å². The molecule has 3 aromatic carbocycles. The Morgan fingerprint density at radius 2 is 1.78 bits per heavy atom. The van der Waals surface area contributed by atoms with Crippen LogP contribution in [0.4, 0.5) is 13.2 Å². The van der Waals surface area contributed by atoms with Gasteiger partial charge in [0.05, 0.1) is 27.5 Å². The van der Waals surface area contributed by atoms with E-state index in [4.69, 9.17) is 14.6 Å². The molecule has 0 radical (unpaired) electrons. The summed E-state index contributed by atoms with van der Waals surface area (Å²) < 4.78 is 50.8. The highest BCUT2D eigenvalue weighted by molar-refractivity contribution is 14.1. The van der Waals surface area contributed by atoms with Gasteiger partial charge in [0.15, 0.2) is 11.5 Å². The normalized spacial score (nSPS) is 11.4. The number of nitrogens with zero attached hydrogens (tertiary/aromatic N) is 1. The van der Waals surface area contributed by atoms with Crippen LogP contribution in [-0.2, 0) is 12.8 Å². The van der Waals surface area contributed by atoms with Crippen LogP contribution in [-0.4, -0.2) is 29.8 Å². The number of halogens is 4. The molecule has 0 bridgehead atoms. The number of nitrogens with one attached hydrogen (secondary N) is 1. The number of ether oxygens (including phenoxy) is 2. The van der Waals surface area contributed by atoms with Crippen LogP contribution in [0.3, 0.4) is 0 Å². The number of carboxylic acid groups (broad SMARTS) is 1. The smallest absolute Gasteiger partial charge is 0.416 e. The number of hydrogen-bond donors (Lipinski definition) is 2. The average Bonchev–Trinajstić information content (AvgIpc) is 2.83. The van der Waals surface area contributed by atoms with Crippen molar-refractivity contribution in [1.82, 2.24) is 5.43 Å². The van der Waals surface area contributed by atoms with E-state index < -0.39 is 23.6 Å². The Labute approximate surface area is 218 Å². The maximum atomic E-state index is 12.9. The van der Waals surface area contributed by atoms with E-state index in [2.05, 4.69) is 10.5 Å². The third-order valence-electron chi connectivity index (χ3n) is 4.72. The fourth-order valence-corrected chi connectivity index (χ4v) is 3.86. The Balaban J connectivity index is 1.73. The maximum Gasteiger partial charge on any atom is 0.416 e. The van der Waals surface area contributed by atoms with E-state index in [0.717, 1.165) is 18.2 Å². The van der Waals surface area contributed by atoms with Gasteiger partial charge in [0.1, 0.15) is 6.61 Å². The molecular formula is C25H20F3IN2O5. The van der Waals surface area contributed by atoms with Crippen LogP contribution in [0.5, 0.6) is 11.5 Å². The van der Waals surface area contributed by atoms with Crippen LogP contribution in [0.25, 0.3) is 0 Å². The van der Waals surface area contributed by atoms with Crippen LogP contribution in [0.1, 0.15) is 44.3 Å². The molecule has 2 N–H and O–H groups in total. The summed E-state index contributed by atoms with van der Waals surface area (Å²) in [5.74, 6) is -0.973. The van der Waals surface area contributed by atoms with Crippen LogP contribution in [0.2, 0.25) is 0 Å². The summed E-state index contributed by atoms with van der Waals surface area (Å²) in [5, 5.41) is 13.0. The molecule has 1 amide bonds. The highest BCUT2D eigenvalue weighted by Gasteiger charge is 2.30. The molecule has 0 heterocycles. The van der Waals surface area contributed by atoms with Crippen molar-refractivity contribution in [2.45, 2.75) is 19.7 Å². The number of rotatable bonds is 9. The van der Waals surface area contributed by atoms with E-state index in [1.54, 1.807) is 31.2 Å². The second kappa shape index (κ2) is 11.9. The van der Waals surface area contributed by atoms with Crippen molar-refractivity contribution < 1.29 is 37.3 Å². The van der Waals surface area contributed by atoms with Crippen molar-refractivity contribution >= 4 is 40.7 Å². The highest BCUT2D eigenvalue weighted by Crippen LogP contribution is 2.34. The Bertz CT molecular complexity index is 1290. The molecule has 0 aliphatic rings. The minimum absolute atomic E-state index is 0.109. The monoisotopic (exact) mass is 612 g/mol. The van der Waals surface area contributed by atoms with Crippen LogP contribution >= 0.6 is 22.6 Å². The molecule has 0 aromatic heterocycles. The van der Waals surface area contributed by atoms with E-state index in [-0.39, 0.29) is 17.7 Å². The zero-order valence-electron chi connectivity index (χ0n) is 18.8. The second-order valence-electron chi connectivity index (χ2n) is 7.33. The van der Waals surface area contributed by atoms with Crippen LogP contribution in [0.15, 0.2) is 65.8 Å². The van der Waals surface area contributed by atoms with E-state index in [0.29, 0.717) is 32.8 Å². The minimum atomic E-state index is -4.56. The van der Waals surface area contributed by atoms with Crippen LogP contribution < -0.4 is 14.9 Å². The molecule has 3 rings (SSSR count). The van der Waals surface area contributed by atoms with Gasteiger partial charge in [0.2, 0.25) is 0 Å². The quantitative estimate of drug-likeness (QED) is 0.182. The third-order valence-corrected chi connectivity index (χ3v) is 5.52. The molecule has 0 unspecified atom stereocenters.